The van der Waals surface area contributed by atoms with Crippen molar-refractivity contribution >= 4 is 21.6 Å². The molecule has 160 valence electrons. The highest BCUT2D eigenvalue weighted by Gasteiger charge is 2.35. The summed E-state index contributed by atoms with van der Waals surface area (Å²) in [7, 11) is 2.52. The molecule has 0 fully saturated rings. The standard InChI is InChI=1S/C21H16F3N3O3S/c1-11-4-6-15(30-3)13(8-11)19-14-9-12(5-7-16(14)31-25-19)27-18(28)10-17(21(22,23)24)26(2)20(27)29/h4-10H,1-3H3. The van der Waals surface area contributed by atoms with Crippen molar-refractivity contribution in [3.8, 4) is 22.7 Å². The van der Waals surface area contributed by atoms with Crippen LogP contribution in [0.15, 0.2) is 52.1 Å². The van der Waals surface area contributed by atoms with Gasteiger partial charge in [-0.1, -0.05) is 11.6 Å². The van der Waals surface area contributed by atoms with Gasteiger partial charge in [0.15, 0.2) is 0 Å². The summed E-state index contributed by atoms with van der Waals surface area (Å²) < 4.78 is 51.2. The van der Waals surface area contributed by atoms with E-state index in [1.54, 1.807) is 19.2 Å². The molecule has 6 nitrogen and oxygen atoms in total. The fourth-order valence-electron chi connectivity index (χ4n) is 3.40. The number of aryl methyl sites for hydroxylation is 1. The molecule has 2 aromatic heterocycles. The lowest BCUT2D eigenvalue weighted by Gasteiger charge is -2.14. The molecule has 0 aliphatic heterocycles. The van der Waals surface area contributed by atoms with Crippen LogP contribution in [-0.4, -0.2) is 20.6 Å². The average Bonchev–Trinajstić information content (AvgIpc) is 3.13. The fourth-order valence-corrected chi connectivity index (χ4v) is 4.17. The second-order valence-electron chi connectivity index (χ2n) is 6.96. The molecule has 0 amide bonds. The van der Waals surface area contributed by atoms with Crippen LogP contribution in [-0.2, 0) is 13.2 Å². The number of hydrogen-bond donors (Lipinski definition) is 0. The third kappa shape index (κ3) is 3.52. The van der Waals surface area contributed by atoms with Crippen LogP contribution >= 0.6 is 11.5 Å². The van der Waals surface area contributed by atoms with E-state index in [1.807, 2.05) is 25.1 Å². The van der Waals surface area contributed by atoms with Crippen molar-refractivity contribution in [2.24, 2.45) is 7.05 Å². The third-order valence-corrected chi connectivity index (χ3v) is 5.76. The Hall–Kier alpha value is -3.40. The number of aromatic nitrogens is 3. The summed E-state index contributed by atoms with van der Waals surface area (Å²) >= 11 is 1.23. The lowest BCUT2D eigenvalue weighted by Crippen LogP contribution is -2.40. The maximum atomic E-state index is 13.1. The molecule has 0 unspecified atom stereocenters. The van der Waals surface area contributed by atoms with Crippen molar-refractivity contribution in [1.82, 2.24) is 13.5 Å². The van der Waals surface area contributed by atoms with Gasteiger partial charge in [-0.05, 0) is 48.8 Å². The van der Waals surface area contributed by atoms with Crippen molar-refractivity contribution in [2.45, 2.75) is 13.1 Å². The van der Waals surface area contributed by atoms with E-state index in [0.717, 1.165) is 22.9 Å². The maximum Gasteiger partial charge on any atom is 0.431 e. The van der Waals surface area contributed by atoms with E-state index in [9.17, 15) is 22.8 Å². The topological polar surface area (TPSA) is 66.1 Å². The summed E-state index contributed by atoms with van der Waals surface area (Å²) in [5.41, 5.74) is -0.981. The first-order valence-electron chi connectivity index (χ1n) is 9.07. The Morgan fingerprint density at radius 2 is 1.81 bits per heavy atom. The molecular weight excluding hydrogens is 431 g/mol. The monoisotopic (exact) mass is 447 g/mol. The molecule has 31 heavy (non-hydrogen) atoms. The van der Waals surface area contributed by atoms with Crippen molar-refractivity contribution < 1.29 is 17.9 Å². The highest BCUT2D eigenvalue weighted by atomic mass is 32.1. The largest absolute Gasteiger partial charge is 0.496 e. The van der Waals surface area contributed by atoms with Crippen molar-refractivity contribution in [3.63, 3.8) is 0 Å². The van der Waals surface area contributed by atoms with Gasteiger partial charge in [0.05, 0.1) is 23.2 Å². The van der Waals surface area contributed by atoms with E-state index in [0.29, 0.717) is 32.0 Å². The normalized spacial score (nSPS) is 11.8. The molecule has 0 atom stereocenters. The predicted octanol–water partition coefficient (Wildman–Crippen LogP) is 4.15. The average molecular weight is 447 g/mol. The van der Waals surface area contributed by atoms with E-state index >= 15 is 0 Å². The van der Waals surface area contributed by atoms with E-state index in [1.165, 1.54) is 17.6 Å². The Balaban J connectivity index is 1.96. The first kappa shape index (κ1) is 20.9. The Morgan fingerprint density at radius 3 is 2.48 bits per heavy atom. The van der Waals surface area contributed by atoms with Gasteiger partial charge in [0.25, 0.3) is 5.56 Å². The molecule has 0 saturated carbocycles. The zero-order valence-electron chi connectivity index (χ0n) is 16.6. The SMILES string of the molecule is COc1ccc(C)cc1-c1nsc2ccc(-n3c(=O)cc(C(F)(F)F)n(C)c3=O)cc12. The molecule has 4 aromatic rings. The second kappa shape index (κ2) is 7.38. The number of hydrogen-bond acceptors (Lipinski definition) is 5. The van der Waals surface area contributed by atoms with Crippen LogP contribution in [0, 0.1) is 6.92 Å². The number of rotatable bonds is 3. The molecule has 10 heteroatoms. The van der Waals surface area contributed by atoms with Crippen LogP contribution in [0.4, 0.5) is 13.2 Å². The molecule has 0 radical (unpaired) electrons. The smallest absolute Gasteiger partial charge is 0.431 e. The van der Waals surface area contributed by atoms with Crippen LogP contribution in [0.3, 0.4) is 0 Å². The van der Waals surface area contributed by atoms with Crippen LogP contribution < -0.4 is 16.0 Å². The Morgan fingerprint density at radius 1 is 1.06 bits per heavy atom. The molecule has 0 saturated heterocycles. The zero-order valence-corrected chi connectivity index (χ0v) is 17.5. The van der Waals surface area contributed by atoms with Gasteiger partial charge in [-0.2, -0.15) is 17.5 Å². The molecule has 0 bridgehead atoms. The summed E-state index contributed by atoms with van der Waals surface area (Å²) in [6.07, 6.45) is -4.82. The highest BCUT2D eigenvalue weighted by molar-refractivity contribution is 7.13. The molecule has 0 N–H and O–H groups in total. The summed E-state index contributed by atoms with van der Waals surface area (Å²) in [4.78, 5) is 25.1. The molecule has 2 aromatic carbocycles. The lowest BCUT2D eigenvalue weighted by atomic mass is 10.0. The van der Waals surface area contributed by atoms with Crippen LogP contribution in [0.1, 0.15) is 11.3 Å². The van der Waals surface area contributed by atoms with Gasteiger partial charge >= 0.3 is 11.9 Å². The van der Waals surface area contributed by atoms with Gasteiger partial charge in [0.2, 0.25) is 0 Å². The zero-order chi connectivity index (χ0) is 22.5. The Labute approximate surface area is 177 Å². The van der Waals surface area contributed by atoms with Crippen molar-refractivity contribution in [1.29, 1.82) is 0 Å². The van der Waals surface area contributed by atoms with Gasteiger partial charge in [-0.3, -0.25) is 9.36 Å². The molecule has 2 heterocycles. The minimum Gasteiger partial charge on any atom is -0.496 e. The van der Waals surface area contributed by atoms with Gasteiger partial charge in [-0.15, -0.1) is 0 Å². The maximum absolute atomic E-state index is 13.1. The van der Waals surface area contributed by atoms with Crippen LogP contribution in [0.5, 0.6) is 5.75 Å². The number of alkyl halides is 3. The van der Waals surface area contributed by atoms with E-state index < -0.39 is 23.1 Å². The summed E-state index contributed by atoms with van der Waals surface area (Å²) in [6, 6.07) is 10.8. The molecule has 0 spiro atoms. The van der Waals surface area contributed by atoms with Crippen molar-refractivity contribution in [3.05, 3.63) is 74.6 Å². The number of ether oxygens (including phenoxy) is 1. The number of nitrogens with zero attached hydrogens (tertiary/aromatic N) is 3. The Kier molecular flexibility index (Phi) is 4.97. The third-order valence-electron chi connectivity index (χ3n) is 4.93. The van der Waals surface area contributed by atoms with Gasteiger partial charge in [-0.25, -0.2) is 9.36 Å². The van der Waals surface area contributed by atoms with Gasteiger partial charge in [0.1, 0.15) is 11.4 Å². The van der Waals surface area contributed by atoms with Gasteiger partial charge < -0.3 is 4.74 Å². The number of methoxy groups -OCH3 is 1. The second-order valence-corrected chi connectivity index (χ2v) is 7.76. The first-order valence-corrected chi connectivity index (χ1v) is 9.84. The predicted molar refractivity (Wildman–Crippen MR) is 112 cm³/mol. The molecule has 0 aliphatic carbocycles. The summed E-state index contributed by atoms with van der Waals surface area (Å²) in [5.74, 6) is 0.603. The number of fused-ring (bicyclic) bond motifs is 1. The number of benzene rings is 2. The van der Waals surface area contributed by atoms with Crippen LogP contribution in [0.2, 0.25) is 0 Å². The van der Waals surface area contributed by atoms with E-state index in [2.05, 4.69) is 4.37 Å². The lowest BCUT2D eigenvalue weighted by molar-refractivity contribution is -0.144. The number of halogens is 3. The highest BCUT2D eigenvalue weighted by Crippen LogP contribution is 2.37. The fraction of sp³-hybridized carbons (Fsp3) is 0.190. The summed E-state index contributed by atoms with van der Waals surface area (Å²) in [6.45, 7) is 1.92. The van der Waals surface area contributed by atoms with Crippen LogP contribution in [0.25, 0.3) is 27.0 Å². The Bertz CT molecular complexity index is 1430. The quantitative estimate of drug-likeness (QED) is 0.473. The van der Waals surface area contributed by atoms with Gasteiger partial charge in [0, 0.05) is 24.1 Å². The minimum absolute atomic E-state index is 0.153. The minimum atomic E-state index is -4.82. The van der Waals surface area contributed by atoms with E-state index in [-0.39, 0.29) is 5.69 Å². The first-order chi connectivity index (χ1) is 14.6. The molecule has 0 aliphatic rings. The molecular formula is C21H16F3N3O3S. The molecule has 4 rings (SSSR count). The van der Waals surface area contributed by atoms with E-state index in [4.69, 9.17) is 4.74 Å². The summed E-state index contributed by atoms with van der Waals surface area (Å²) in [5, 5.41) is 0.653. The van der Waals surface area contributed by atoms with Crippen molar-refractivity contribution in [2.75, 3.05) is 7.11 Å².